The van der Waals surface area contributed by atoms with E-state index in [1.165, 1.54) is 6.07 Å². The van der Waals surface area contributed by atoms with Gasteiger partial charge in [-0.3, -0.25) is 4.98 Å². The van der Waals surface area contributed by atoms with Crippen molar-refractivity contribution in [1.29, 1.82) is 0 Å². The van der Waals surface area contributed by atoms with Gasteiger partial charge in [-0.25, -0.2) is 14.4 Å². The van der Waals surface area contributed by atoms with Gasteiger partial charge in [0.05, 0.1) is 10.6 Å². The summed E-state index contributed by atoms with van der Waals surface area (Å²) in [6.07, 6.45) is 5.23. The number of nitrogens with one attached hydrogen (secondary N) is 1. The van der Waals surface area contributed by atoms with Gasteiger partial charge in [0.25, 0.3) is 0 Å². The number of hydrogen-bond donors (Lipinski definition) is 3. The number of pyridine rings is 1. The molecule has 156 valence electrons. The fraction of sp³-hybridized carbons (Fsp3) is 0.450. The lowest BCUT2D eigenvalue weighted by molar-refractivity contribution is 0.00730. The van der Waals surface area contributed by atoms with Crippen molar-refractivity contribution in [3.05, 3.63) is 35.5 Å². The highest BCUT2D eigenvalue weighted by Gasteiger charge is 2.27. The van der Waals surface area contributed by atoms with E-state index in [9.17, 15) is 9.50 Å². The van der Waals surface area contributed by atoms with Crippen LogP contribution in [0.25, 0.3) is 22.4 Å². The van der Waals surface area contributed by atoms with Crippen molar-refractivity contribution in [2.75, 3.05) is 24.5 Å². The minimum Gasteiger partial charge on any atom is -0.390 e. The lowest BCUT2D eigenvalue weighted by Crippen LogP contribution is -2.39. The Balaban J connectivity index is 2.00. The lowest BCUT2D eigenvalue weighted by Gasteiger charge is -2.32. The zero-order valence-electron chi connectivity index (χ0n) is 16.8. The van der Waals surface area contributed by atoms with E-state index in [0.29, 0.717) is 48.6 Å². The fourth-order valence-corrected chi connectivity index (χ4v) is 3.28. The molecule has 9 heteroatoms. The smallest absolute Gasteiger partial charge is 0.156 e. The Bertz CT molecular complexity index is 990. The van der Waals surface area contributed by atoms with Gasteiger partial charge in [0.1, 0.15) is 17.0 Å². The second-order valence-electron chi connectivity index (χ2n) is 7.62. The monoisotopic (exact) mass is 420 g/mol. The van der Waals surface area contributed by atoms with Crippen LogP contribution < -0.4 is 10.6 Å². The van der Waals surface area contributed by atoms with Crippen molar-refractivity contribution in [1.82, 2.24) is 19.9 Å². The SMILES string of the molecule is CC(C)[C@@](C)(O)CCN(CCN)c1nc(-c2c[nH]c3nccnc23)c(F)cc1Cl. The van der Waals surface area contributed by atoms with Crippen molar-refractivity contribution in [2.45, 2.75) is 32.8 Å². The van der Waals surface area contributed by atoms with Gasteiger partial charge in [-0.1, -0.05) is 25.4 Å². The van der Waals surface area contributed by atoms with Crippen LogP contribution in [0, 0.1) is 11.7 Å². The Labute approximate surface area is 174 Å². The first kappa shape index (κ1) is 21.4. The van der Waals surface area contributed by atoms with E-state index >= 15 is 0 Å². The molecule has 0 bridgehead atoms. The highest BCUT2D eigenvalue weighted by atomic mass is 35.5. The average molecular weight is 421 g/mol. The molecule has 0 radical (unpaired) electrons. The highest BCUT2D eigenvalue weighted by molar-refractivity contribution is 6.33. The molecule has 0 aliphatic heterocycles. The van der Waals surface area contributed by atoms with Crippen molar-refractivity contribution in [3.8, 4) is 11.3 Å². The molecule has 0 spiro atoms. The van der Waals surface area contributed by atoms with Gasteiger partial charge < -0.3 is 20.7 Å². The van der Waals surface area contributed by atoms with Crippen LogP contribution >= 0.6 is 11.6 Å². The van der Waals surface area contributed by atoms with Crippen LogP contribution in [0.2, 0.25) is 5.02 Å². The van der Waals surface area contributed by atoms with Crippen molar-refractivity contribution in [3.63, 3.8) is 0 Å². The van der Waals surface area contributed by atoms with Crippen LogP contribution in [-0.2, 0) is 0 Å². The number of halogens is 2. The molecule has 0 amide bonds. The second kappa shape index (κ2) is 8.61. The second-order valence-corrected chi connectivity index (χ2v) is 8.02. The predicted molar refractivity (Wildman–Crippen MR) is 113 cm³/mol. The summed E-state index contributed by atoms with van der Waals surface area (Å²) in [4.78, 5) is 17.8. The van der Waals surface area contributed by atoms with Crippen LogP contribution in [-0.4, -0.2) is 50.3 Å². The number of aromatic nitrogens is 4. The molecule has 3 heterocycles. The summed E-state index contributed by atoms with van der Waals surface area (Å²) in [5, 5.41) is 10.8. The number of nitrogens with zero attached hydrogens (tertiary/aromatic N) is 4. The molecule has 0 aliphatic carbocycles. The van der Waals surface area contributed by atoms with E-state index < -0.39 is 11.4 Å². The molecule has 0 fully saturated rings. The third-order valence-electron chi connectivity index (χ3n) is 5.30. The standard InChI is InChI=1S/C20H26ClFN6O/c1-12(2)20(3,29)4-8-28(9-5-23)19-14(21)10-15(22)16(27-19)13-11-26-18-17(13)24-6-7-25-18/h6-7,10-12,29H,4-5,8-9,23H2,1-3H3,(H,25,26)/t20-/m0/s1. The summed E-state index contributed by atoms with van der Waals surface area (Å²) in [7, 11) is 0. The zero-order chi connectivity index (χ0) is 21.2. The number of nitrogens with two attached hydrogens (primary N) is 1. The zero-order valence-corrected chi connectivity index (χ0v) is 17.5. The van der Waals surface area contributed by atoms with Crippen LogP contribution in [0.1, 0.15) is 27.2 Å². The van der Waals surface area contributed by atoms with Gasteiger partial charge in [0.2, 0.25) is 0 Å². The van der Waals surface area contributed by atoms with E-state index in [2.05, 4.69) is 19.9 Å². The van der Waals surface area contributed by atoms with Crippen LogP contribution in [0.4, 0.5) is 10.2 Å². The van der Waals surface area contributed by atoms with Gasteiger partial charge in [-0.15, -0.1) is 0 Å². The number of aromatic amines is 1. The Morgan fingerprint density at radius 1 is 1.31 bits per heavy atom. The number of H-pyrrole nitrogens is 1. The van der Waals surface area contributed by atoms with Gasteiger partial charge in [-0.05, 0) is 25.3 Å². The van der Waals surface area contributed by atoms with Crippen LogP contribution in [0.5, 0.6) is 0 Å². The summed E-state index contributed by atoms with van der Waals surface area (Å²) in [5.74, 6) is -0.0438. The molecule has 0 saturated heterocycles. The first-order chi connectivity index (χ1) is 13.7. The molecule has 0 aliphatic rings. The van der Waals surface area contributed by atoms with Crippen molar-refractivity contribution < 1.29 is 9.50 Å². The predicted octanol–water partition coefficient (Wildman–Crippen LogP) is 3.37. The molecule has 0 unspecified atom stereocenters. The van der Waals surface area contributed by atoms with E-state index in [1.807, 2.05) is 18.7 Å². The van der Waals surface area contributed by atoms with E-state index in [4.69, 9.17) is 17.3 Å². The van der Waals surface area contributed by atoms with E-state index in [-0.39, 0.29) is 16.6 Å². The summed E-state index contributed by atoms with van der Waals surface area (Å²) >= 11 is 6.34. The minimum absolute atomic E-state index is 0.0826. The average Bonchev–Trinajstić information content (AvgIpc) is 3.09. The maximum Gasteiger partial charge on any atom is 0.156 e. The molecule has 3 aromatic heterocycles. The number of rotatable bonds is 8. The molecule has 7 nitrogen and oxygen atoms in total. The summed E-state index contributed by atoms with van der Waals surface area (Å²) in [5.41, 5.74) is 6.64. The molecule has 0 saturated carbocycles. The quantitative estimate of drug-likeness (QED) is 0.516. The molecule has 0 aromatic carbocycles. The van der Waals surface area contributed by atoms with Gasteiger partial charge in [-0.2, -0.15) is 0 Å². The Kier molecular flexibility index (Phi) is 6.36. The molecule has 4 N–H and O–H groups in total. The number of aliphatic hydroxyl groups is 1. The van der Waals surface area contributed by atoms with Gasteiger partial charge in [0.15, 0.2) is 11.5 Å². The lowest BCUT2D eigenvalue weighted by atomic mass is 9.89. The normalized spacial score (nSPS) is 13.8. The Hall–Kier alpha value is -2.29. The number of hydrogen-bond acceptors (Lipinski definition) is 6. The summed E-state index contributed by atoms with van der Waals surface area (Å²) in [6, 6.07) is 1.25. The molecule has 1 atom stereocenters. The number of fused-ring (bicyclic) bond motifs is 1. The highest BCUT2D eigenvalue weighted by Crippen LogP contribution is 2.33. The van der Waals surface area contributed by atoms with Crippen LogP contribution in [0.15, 0.2) is 24.7 Å². The first-order valence-electron chi connectivity index (χ1n) is 9.56. The van der Waals surface area contributed by atoms with Gasteiger partial charge in [0, 0.05) is 43.8 Å². The molecular weight excluding hydrogens is 395 g/mol. The minimum atomic E-state index is -0.853. The third kappa shape index (κ3) is 4.49. The molecule has 3 aromatic rings. The fourth-order valence-electron chi connectivity index (χ4n) is 3.03. The molecular formula is C20H26ClFN6O. The van der Waals surface area contributed by atoms with Crippen LogP contribution in [0.3, 0.4) is 0 Å². The maximum absolute atomic E-state index is 14.8. The van der Waals surface area contributed by atoms with E-state index in [0.717, 1.165) is 0 Å². The number of anilines is 1. The summed E-state index contributed by atoms with van der Waals surface area (Å²) < 4.78 is 14.8. The molecule has 3 rings (SSSR count). The maximum atomic E-state index is 14.8. The topological polar surface area (TPSA) is 104 Å². The Morgan fingerprint density at radius 2 is 2.03 bits per heavy atom. The first-order valence-corrected chi connectivity index (χ1v) is 9.94. The van der Waals surface area contributed by atoms with Gasteiger partial charge >= 0.3 is 0 Å². The van der Waals surface area contributed by atoms with Crippen molar-refractivity contribution in [2.24, 2.45) is 11.7 Å². The largest absolute Gasteiger partial charge is 0.390 e. The van der Waals surface area contributed by atoms with Crippen molar-refractivity contribution >= 4 is 28.6 Å². The Morgan fingerprint density at radius 3 is 2.72 bits per heavy atom. The van der Waals surface area contributed by atoms with E-state index in [1.54, 1.807) is 25.5 Å². The summed E-state index contributed by atoms with van der Waals surface area (Å²) in [6.45, 7) is 7.05. The third-order valence-corrected chi connectivity index (χ3v) is 5.58. The molecule has 29 heavy (non-hydrogen) atoms.